The van der Waals surface area contributed by atoms with Crippen molar-refractivity contribution in [1.29, 1.82) is 0 Å². The molecule has 0 aliphatic carbocycles. The van der Waals surface area contributed by atoms with E-state index in [9.17, 15) is 9.59 Å². The van der Waals surface area contributed by atoms with Crippen LogP contribution in [0.25, 0.3) is 0 Å². The summed E-state index contributed by atoms with van der Waals surface area (Å²) in [5.41, 5.74) is 2.10. The predicted molar refractivity (Wildman–Crippen MR) is 72.8 cm³/mol. The summed E-state index contributed by atoms with van der Waals surface area (Å²) in [4.78, 5) is 22.2. The van der Waals surface area contributed by atoms with E-state index in [-0.39, 0.29) is 11.9 Å². The molecule has 0 fully saturated rings. The quantitative estimate of drug-likeness (QED) is 0.780. The Bertz CT molecular complexity index is 414. The third-order valence-electron chi connectivity index (χ3n) is 2.15. The Balaban J connectivity index is 0.000000659. The molecule has 1 aromatic rings. The molecule has 0 bridgehead atoms. The largest absolute Gasteiger partial charge is 0.465 e. The van der Waals surface area contributed by atoms with Crippen LogP contribution in [0.15, 0.2) is 18.2 Å². The van der Waals surface area contributed by atoms with Crippen molar-refractivity contribution < 1.29 is 14.3 Å². The normalized spacial score (nSPS) is 11.1. The smallest absolute Gasteiger partial charge is 0.337 e. The topological polar surface area (TPSA) is 55.4 Å². The highest BCUT2D eigenvalue weighted by Crippen LogP contribution is 2.23. The Morgan fingerprint density at radius 2 is 1.83 bits per heavy atom. The lowest BCUT2D eigenvalue weighted by Crippen LogP contribution is -2.03. The number of nitrogens with one attached hydrogen (secondary N) is 1. The maximum absolute atomic E-state index is 11.2. The molecule has 0 saturated carbocycles. The van der Waals surface area contributed by atoms with Crippen LogP contribution in [0.2, 0.25) is 0 Å². The van der Waals surface area contributed by atoms with E-state index in [1.807, 2.05) is 27.7 Å². The van der Waals surface area contributed by atoms with Crippen LogP contribution in [-0.2, 0) is 16.0 Å². The number of esters is 1. The molecule has 1 aliphatic rings. The average Bonchev–Trinajstić information content (AvgIpc) is 2.81. The van der Waals surface area contributed by atoms with Crippen LogP contribution < -0.4 is 5.32 Å². The average molecular weight is 251 g/mol. The summed E-state index contributed by atoms with van der Waals surface area (Å²) >= 11 is 0. The van der Waals surface area contributed by atoms with E-state index in [0.717, 1.165) is 11.3 Å². The second kappa shape index (κ2) is 8.28. The van der Waals surface area contributed by atoms with Gasteiger partial charge in [-0.05, 0) is 23.8 Å². The molecule has 2 rings (SSSR count). The molecule has 0 radical (unpaired) electrons. The van der Waals surface area contributed by atoms with Crippen LogP contribution in [0.4, 0.5) is 5.69 Å². The van der Waals surface area contributed by atoms with Crippen molar-refractivity contribution in [3.8, 4) is 0 Å². The first-order chi connectivity index (χ1) is 8.70. The second-order valence-corrected chi connectivity index (χ2v) is 3.09. The van der Waals surface area contributed by atoms with Gasteiger partial charge in [-0.15, -0.1) is 0 Å². The molecule has 0 saturated heterocycles. The molecule has 0 aromatic heterocycles. The van der Waals surface area contributed by atoms with Crippen LogP contribution in [0, 0.1) is 0 Å². The van der Waals surface area contributed by atoms with Crippen LogP contribution in [0.3, 0.4) is 0 Å². The Labute approximate surface area is 108 Å². The molecule has 1 amide bonds. The second-order valence-electron chi connectivity index (χ2n) is 3.09. The molecule has 4 nitrogen and oxygen atoms in total. The van der Waals surface area contributed by atoms with Crippen LogP contribution in [0.1, 0.15) is 43.6 Å². The number of rotatable bonds is 1. The van der Waals surface area contributed by atoms with E-state index in [4.69, 9.17) is 0 Å². The fraction of sp³-hybridized carbons (Fsp3) is 0.429. The number of amides is 1. The van der Waals surface area contributed by atoms with E-state index in [2.05, 4.69) is 10.1 Å². The maximum atomic E-state index is 11.2. The van der Waals surface area contributed by atoms with Gasteiger partial charge >= 0.3 is 5.97 Å². The third kappa shape index (κ3) is 3.87. The zero-order chi connectivity index (χ0) is 14.1. The van der Waals surface area contributed by atoms with Crippen molar-refractivity contribution in [2.75, 3.05) is 12.4 Å². The standard InChI is InChI=1S/C10H9NO3.2C2H6/c1-14-10(13)6-2-3-8-7(4-6)5-9(12)11-8;2*1-2/h2-4H,5H2,1H3,(H,11,12);2*1-2H3. The Morgan fingerprint density at radius 1 is 1.22 bits per heavy atom. The van der Waals surface area contributed by atoms with Crippen molar-refractivity contribution in [2.45, 2.75) is 34.1 Å². The van der Waals surface area contributed by atoms with Gasteiger partial charge in [-0.25, -0.2) is 4.79 Å². The van der Waals surface area contributed by atoms with E-state index >= 15 is 0 Å². The number of hydrogen-bond acceptors (Lipinski definition) is 3. The first-order valence-electron chi connectivity index (χ1n) is 6.22. The van der Waals surface area contributed by atoms with Crippen molar-refractivity contribution >= 4 is 17.6 Å². The molecule has 0 atom stereocenters. The number of anilines is 1. The SMILES string of the molecule is CC.CC.COC(=O)c1ccc2c(c1)CC(=O)N2. The minimum atomic E-state index is -0.382. The molecule has 4 heteroatoms. The summed E-state index contributed by atoms with van der Waals surface area (Å²) in [5, 5.41) is 2.69. The van der Waals surface area contributed by atoms with Gasteiger partial charge in [-0.3, -0.25) is 4.79 Å². The predicted octanol–water partition coefficient (Wildman–Crippen LogP) is 3.02. The maximum Gasteiger partial charge on any atom is 0.337 e. The number of carbonyl (C=O) groups excluding carboxylic acids is 2. The molecular weight excluding hydrogens is 230 g/mol. The highest BCUT2D eigenvalue weighted by atomic mass is 16.5. The van der Waals surface area contributed by atoms with E-state index in [1.54, 1.807) is 18.2 Å². The van der Waals surface area contributed by atoms with Crippen LogP contribution in [-0.4, -0.2) is 19.0 Å². The summed E-state index contributed by atoms with van der Waals surface area (Å²) in [6.07, 6.45) is 0.333. The van der Waals surface area contributed by atoms with Gasteiger partial charge < -0.3 is 10.1 Å². The minimum Gasteiger partial charge on any atom is -0.465 e. The first kappa shape index (κ1) is 16.2. The summed E-state index contributed by atoms with van der Waals surface area (Å²) < 4.78 is 4.58. The summed E-state index contributed by atoms with van der Waals surface area (Å²) in [5.74, 6) is -0.422. The van der Waals surface area contributed by atoms with Gasteiger partial charge in [0.15, 0.2) is 0 Å². The summed E-state index contributed by atoms with van der Waals surface area (Å²) in [7, 11) is 1.33. The van der Waals surface area contributed by atoms with Crippen LogP contribution >= 0.6 is 0 Å². The molecule has 1 N–H and O–H groups in total. The molecule has 18 heavy (non-hydrogen) atoms. The van der Waals surface area contributed by atoms with Gasteiger partial charge in [-0.2, -0.15) is 0 Å². The van der Waals surface area contributed by atoms with Gasteiger partial charge in [0.1, 0.15) is 0 Å². The first-order valence-corrected chi connectivity index (χ1v) is 6.22. The highest BCUT2D eigenvalue weighted by molar-refractivity contribution is 6.00. The van der Waals surface area contributed by atoms with Gasteiger partial charge in [-0.1, -0.05) is 27.7 Å². The number of benzene rings is 1. The molecular formula is C14H21NO3. The molecule has 1 heterocycles. The van der Waals surface area contributed by atoms with E-state index in [0.29, 0.717) is 12.0 Å². The van der Waals surface area contributed by atoms with Gasteiger partial charge in [0.25, 0.3) is 0 Å². The zero-order valence-corrected chi connectivity index (χ0v) is 11.7. The highest BCUT2D eigenvalue weighted by Gasteiger charge is 2.18. The minimum absolute atomic E-state index is 0.0398. The summed E-state index contributed by atoms with van der Waals surface area (Å²) in [6, 6.07) is 5.03. The number of ether oxygens (including phenoxy) is 1. The lowest BCUT2D eigenvalue weighted by molar-refractivity contribution is -0.115. The van der Waals surface area contributed by atoms with Crippen molar-refractivity contribution in [1.82, 2.24) is 0 Å². The fourth-order valence-corrected chi connectivity index (χ4v) is 1.47. The number of methoxy groups -OCH3 is 1. The van der Waals surface area contributed by atoms with Gasteiger partial charge in [0.2, 0.25) is 5.91 Å². The van der Waals surface area contributed by atoms with Gasteiger partial charge in [0, 0.05) is 5.69 Å². The van der Waals surface area contributed by atoms with Gasteiger partial charge in [0.05, 0.1) is 19.1 Å². The number of fused-ring (bicyclic) bond motifs is 1. The molecule has 0 spiro atoms. The van der Waals surface area contributed by atoms with Crippen LogP contribution in [0.5, 0.6) is 0 Å². The lowest BCUT2D eigenvalue weighted by Gasteiger charge is -2.01. The van der Waals surface area contributed by atoms with Crippen molar-refractivity contribution in [3.63, 3.8) is 0 Å². The molecule has 1 aliphatic heterocycles. The van der Waals surface area contributed by atoms with E-state index in [1.165, 1.54) is 7.11 Å². The summed E-state index contributed by atoms with van der Waals surface area (Å²) in [6.45, 7) is 8.00. The lowest BCUT2D eigenvalue weighted by atomic mass is 10.1. The molecule has 0 unspecified atom stereocenters. The molecule has 1 aromatic carbocycles. The monoisotopic (exact) mass is 251 g/mol. The number of hydrogen-bond donors (Lipinski definition) is 1. The fourth-order valence-electron chi connectivity index (χ4n) is 1.47. The Kier molecular flexibility index (Phi) is 7.43. The Hall–Kier alpha value is -1.84. The zero-order valence-electron chi connectivity index (χ0n) is 11.7. The third-order valence-corrected chi connectivity index (χ3v) is 2.15. The van der Waals surface area contributed by atoms with Crippen molar-refractivity contribution in [2.24, 2.45) is 0 Å². The van der Waals surface area contributed by atoms with Crippen molar-refractivity contribution in [3.05, 3.63) is 29.3 Å². The number of carbonyl (C=O) groups is 2. The molecule has 100 valence electrons. The van der Waals surface area contributed by atoms with E-state index < -0.39 is 0 Å². The Morgan fingerprint density at radius 3 is 2.39 bits per heavy atom.